The Kier molecular flexibility index (Phi) is 6.44. The van der Waals surface area contributed by atoms with E-state index in [2.05, 4.69) is 30.2 Å². The minimum atomic E-state index is -3.95. The number of fused-ring (bicyclic) bond motifs is 1. The number of piperazine rings is 1. The lowest BCUT2D eigenvalue weighted by molar-refractivity contribution is 0.150. The SMILES string of the molecule is Cc1nc(-c2nnc(C(F)F)s2)c2cc(S(=O)(=O)NC3(C)CC3)cc(N3CC(CF)NC(C)(C)C3)c2n1. The zero-order chi connectivity index (χ0) is 26.8. The molecule has 0 bridgehead atoms. The zero-order valence-electron chi connectivity index (χ0n) is 20.8. The van der Waals surface area contributed by atoms with Crippen molar-refractivity contribution in [3.8, 4) is 10.7 Å². The van der Waals surface area contributed by atoms with Crippen molar-refractivity contribution in [1.29, 1.82) is 0 Å². The molecule has 1 atom stereocenters. The van der Waals surface area contributed by atoms with Crippen LogP contribution < -0.4 is 14.9 Å². The van der Waals surface area contributed by atoms with Crippen molar-refractivity contribution in [3.05, 3.63) is 23.0 Å². The molecule has 0 amide bonds. The smallest absolute Gasteiger partial charge is 0.291 e. The van der Waals surface area contributed by atoms with E-state index in [9.17, 15) is 21.6 Å². The van der Waals surface area contributed by atoms with Crippen LogP contribution in [0.1, 0.15) is 50.9 Å². The fraction of sp³-hybridized carbons (Fsp3) is 0.565. The first-order chi connectivity index (χ1) is 17.3. The van der Waals surface area contributed by atoms with E-state index >= 15 is 0 Å². The molecule has 9 nitrogen and oxygen atoms in total. The molecule has 37 heavy (non-hydrogen) atoms. The van der Waals surface area contributed by atoms with E-state index < -0.39 is 45.3 Å². The Morgan fingerprint density at radius 3 is 2.57 bits per heavy atom. The largest absolute Gasteiger partial charge is 0.366 e. The van der Waals surface area contributed by atoms with Gasteiger partial charge in [-0.3, -0.25) is 0 Å². The van der Waals surface area contributed by atoms with Gasteiger partial charge in [0, 0.05) is 29.6 Å². The Labute approximate surface area is 217 Å². The Hall–Kier alpha value is -2.42. The topological polar surface area (TPSA) is 113 Å². The molecule has 1 saturated carbocycles. The summed E-state index contributed by atoms with van der Waals surface area (Å²) in [6.07, 6.45) is -1.34. The van der Waals surface area contributed by atoms with Crippen molar-refractivity contribution in [3.63, 3.8) is 0 Å². The summed E-state index contributed by atoms with van der Waals surface area (Å²) in [7, 11) is -3.95. The number of nitrogens with zero attached hydrogens (tertiary/aromatic N) is 5. The maximum Gasteiger partial charge on any atom is 0.291 e. The highest BCUT2D eigenvalue weighted by Crippen LogP contribution is 2.40. The highest BCUT2D eigenvalue weighted by Gasteiger charge is 2.42. The second kappa shape index (κ2) is 9.10. The molecule has 1 unspecified atom stereocenters. The highest BCUT2D eigenvalue weighted by atomic mass is 32.2. The number of aromatic nitrogens is 4. The molecular formula is C23H28F3N7O2S2. The number of rotatable bonds is 7. The fourth-order valence-corrected chi connectivity index (χ4v) is 6.89. The zero-order valence-corrected chi connectivity index (χ0v) is 22.5. The molecule has 1 aliphatic carbocycles. The van der Waals surface area contributed by atoms with Gasteiger partial charge in [0.25, 0.3) is 6.43 Å². The number of aryl methyl sites for hydroxylation is 1. The molecule has 2 aliphatic rings. The van der Waals surface area contributed by atoms with E-state index in [4.69, 9.17) is 0 Å². The normalized spacial score (nSPS) is 21.1. The average Bonchev–Trinajstić information content (AvgIpc) is 3.31. The van der Waals surface area contributed by atoms with Crippen LogP contribution in [0.25, 0.3) is 21.6 Å². The lowest BCUT2D eigenvalue weighted by Gasteiger charge is -2.44. The highest BCUT2D eigenvalue weighted by molar-refractivity contribution is 7.89. The lowest BCUT2D eigenvalue weighted by atomic mass is 9.97. The molecule has 3 aromatic rings. The van der Waals surface area contributed by atoms with Crippen molar-refractivity contribution >= 4 is 38.0 Å². The van der Waals surface area contributed by atoms with E-state index in [0.29, 0.717) is 40.3 Å². The van der Waals surface area contributed by atoms with Gasteiger partial charge in [-0.15, -0.1) is 10.2 Å². The van der Waals surface area contributed by atoms with E-state index in [1.54, 1.807) is 13.0 Å². The predicted molar refractivity (Wildman–Crippen MR) is 135 cm³/mol. The van der Waals surface area contributed by atoms with E-state index in [-0.39, 0.29) is 22.1 Å². The van der Waals surface area contributed by atoms with Crippen LogP contribution in [0.4, 0.5) is 18.9 Å². The van der Waals surface area contributed by atoms with Gasteiger partial charge in [0.1, 0.15) is 18.2 Å². The van der Waals surface area contributed by atoms with E-state index in [0.717, 1.165) is 12.8 Å². The van der Waals surface area contributed by atoms with Crippen LogP contribution in [-0.2, 0) is 10.0 Å². The maximum absolute atomic E-state index is 13.8. The molecule has 1 aliphatic heterocycles. The molecule has 0 radical (unpaired) electrons. The summed E-state index contributed by atoms with van der Waals surface area (Å²) in [5.41, 5.74) is 0.175. The molecule has 1 saturated heterocycles. The Bertz CT molecular complexity index is 1460. The van der Waals surface area contributed by atoms with Gasteiger partial charge in [-0.1, -0.05) is 11.3 Å². The van der Waals surface area contributed by atoms with Crippen molar-refractivity contribution in [1.82, 2.24) is 30.2 Å². The second-order valence-corrected chi connectivity index (χ2v) is 13.3. The van der Waals surface area contributed by atoms with Crippen molar-refractivity contribution in [2.24, 2.45) is 0 Å². The third-order valence-corrected chi connectivity index (χ3v) is 9.09. The van der Waals surface area contributed by atoms with Crippen molar-refractivity contribution in [2.45, 2.75) is 69.0 Å². The monoisotopic (exact) mass is 555 g/mol. The summed E-state index contributed by atoms with van der Waals surface area (Å²) >= 11 is 0.695. The third-order valence-electron chi connectivity index (χ3n) is 6.54. The van der Waals surface area contributed by atoms with Gasteiger partial charge in [-0.2, -0.15) is 0 Å². The average molecular weight is 556 g/mol. The summed E-state index contributed by atoms with van der Waals surface area (Å²) in [5, 5.41) is 10.8. The van der Waals surface area contributed by atoms with Gasteiger partial charge in [-0.25, -0.2) is 36.3 Å². The minimum absolute atomic E-state index is 0.0106. The first-order valence-electron chi connectivity index (χ1n) is 11.9. The van der Waals surface area contributed by atoms with Gasteiger partial charge >= 0.3 is 0 Å². The molecule has 3 heterocycles. The molecule has 1 aromatic carbocycles. The molecule has 2 N–H and O–H groups in total. The van der Waals surface area contributed by atoms with Crippen LogP contribution in [0.15, 0.2) is 17.0 Å². The molecule has 14 heteroatoms. The third kappa shape index (κ3) is 5.29. The summed E-state index contributed by atoms with van der Waals surface area (Å²) in [4.78, 5) is 11.0. The van der Waals surface area contributed by atoms with Gasteiger partial charge in [0.05, 0.1) is 22.1 Å². The lowest BCUT2D eigenvalue weighted by Crippen LogP contribution is -2.63. The van der Waals surface area contributed by atoms with Gasteiger partial charge in [0.2, 0.25) is 10.0 Å². The van der Waals surface area contributed by atoms with Crippen molar-refractivity contribution in [2.75, 3.05) is 24.7 Å². The number of halogens is 3. The molecule has 2 aromatic heterocycles. The number of hydrogen-bond acceptors (Lipinski definition) is 9. The second-order valence-electron chi connectivity index (χ2n) is 10.6. The molecule has 2 fully saturated rings. The summed E-state index contributed by atoms with van der Waals surface area (Å²) < 4.78 is 70.0. The quantitative estimate of drug-likeness (QED) is 0.453. The molecule has 200 valence electrons. The molecule has 5 rings (SSSR count). The first kappa shape index (κ1) is 26.2. The summed E-state index contributed by atoms with van der Waals surface area (Å²) in [6, 6.07) is 2.53. The van der Waals surface area contributed by atoms with E-state index in [1.807, 2.05) is 25.7 Å². The number of sulfonamides is 1. The Balaban J connectivity index is 1.74. The number of alkyl halides is 3. The summed E-state index contributed by atoms with van der Waals surface area (Å²) in [6.45, 7) is 7.53. The number of benzene rings is 1. The van der Waals surface area contributed by atoms with Crippen LogP contribution in [0.3, 0.4) is 0 Å². The molecule has 0 spiro atoms. The van der Waals surface area contributed by atoms with Crippen LogP contribution in [0.2, 0.25) is 0 Å². The van der Waals surface area contributed by atoms with Crippen LogP contribution in [-0.4, -0.2) is 65.5 Å². The van der Waals surface area contributed by atoms with Gasteiger partial charge < -0.3 is 10.2 Å². The standard InChI is InChI=1S/C23H28F3N7O2S2/c1-12-27-17-15(18(28-12)20-30-31-21(36-20)19(25)26)7-14(37(34,35)32-23(4)5-6-23)8-16(17)33-10-13(9-24)29-22(2,3)11-33/h7-8,13,19,29,32H,5-6,9-11H2,1-4H3. The molecular weight excluding hydrogens is 527 g/mol. The number of nitrogens with one attached hydrogen (secondary N) is 2. The minimum Gasteiger partial charge on any atom is -0.366 e. The Morgan fingerprint density at radius 2 is 1.95 bits per heavy atom. The first-order valence-corrected chi connectivity index (χ1v) is 14.2. The number of hydrogen-bond donors (Lipinski definition) is 2. The van der Waals surface area contributed by atoms with E-state index in [1.165, 1.54) is 6.07 Å². The van der Waals surface area contributed by atoms with Crippen LogP contribution in [0.5, 0.6) is 0 Å². The predicted octanol–water partition coefficient (Wildman–Crippen LogP) is 3.75. The van der Waals surface area contributed by atoms with Gasteiger partial charge in [-0.05, 0) is 52.7 Å². The Morgan fingerprint density at radius 1 is 1.22 bits per heavy atom. The maximum atomic E-state index is 13.8. The van der Waals surface area contributed by atoms with Gasteiger partial charge in [0.15, 0.2) is 10.0 Å². The van der Waals surface area contributed by atoms with Crippen LogP contribution >= 0.6 is 11.3 Å². The van der Waals surface area contributed by atoms with Crippen LogP contribution in [0, 0.1) is 6.92 Å². The fourth-order valence-electron chi connectivity index (χ4n) is 4.67. The van der Waals surface area contributed by atoms with Crippen molar-refractivity contribution < 1.29 is 21.6 Å². The number of anilines is 1. The summed E-state index contributed by atoms with van der Waals surface area (Å²) in [5.74, 6) is 0.355.